The van der Waals surface area contributed by atoms with Crippen LogP contribution in [-0.4, -0.2) is 11.6 Å². The normalized spacial score (nSPS) is 38.1. The van der Waals surface area contributed by atoms with Crippen LogP contribution in [0.3, 0.4) is 0 Å². The molecule has 1 fully saturated rings. The molecule has 0 saturated heterocycles. The molecule has 1 saturated carbocycles. The second-order valence-electron chi connectivity index (χ2n) is 4.96. The first-order valence-electron chi connectivity index (χ1n) is 5.43. The molecule has 4 aliphatic carbocycles. The SMILES string of the molecule is O=C1C=CC(=O)C2=C1[C@H]1C=C[C@@H]2C12CC2. The van der Waals surface area contributed by atoms with Gasteiger partial charge in [0.25, 0.3) is 0 Å². The summed E-state index contributed by atoms with van der Waals surface area (Å²) in [5.41, 5.74) is 1.88. The van der Waals surface area contributed by atoms with Crippen molar-refractivity contribution in [3.05, 3.63) is 35.5 Å². The maximum atomic E-state index is 11.8. The van der Waals surface area contributed by atoms with Gasteiger partial charge in [-0.05, 0) is 30.4 Å². The highest BCUT2D eigenvalue weighted by Crippen LogP contribution is 2.70. The van der Waals surface area contributed by atoms with Gasteiger partial charge in [-0.3, -0.25) is 9.59 Å². The van der Waals surface area contributed by atoms with Gasteiger partial charge in [0.1, 0.15) is 0 Å². The average Bonchev–Trinajstić information content (AvgIpc) is 2.88. The lowest BCUT2D eigenvalue weighted by Crippen LogP contribution is -2.17. The first-order valence-corrected chi connectivity index (χ1v) is 5.43. The highest BCUT2D eigenvalue weighted by atomic mass is 16.1. The van der Waals surface area contributed by atoms with E-state index in [1.54, 1.807) is 0 Å². The van der Waals surface area contributed by atoms with Crippen LogP contribution in [0, 0.1) is 17.3 Å². The summed E-state index contributed by atoms with van der Waals surface area (Å²) in [6.07, 6.45) is 9.49. The maximum absolute atomic E-state index is 11.8. The highest BCUT2D eigenvalue weighted by molar-refractivity contribution is 6.22. The number of hydrogen-bond donors (Lipinski definition) is 0. The Kier molecular flexibility index (Phi) is 1.07. The third-order valence-electron chi connectivity index (χ3n) is 4.39. The third-order valence-corrected chi connectivity index (χ3v) is 4.39. The van der Waals surface area contributed by atoms with Crippen LogP contribution in [0.5, 0.6) is 0 Å². The van der Waals surface area contributed by atoms with Gasteiger partial charge in [0, 0.05) is 23.0 Å². The molecule has 0 radical (unpaired) electrons. The van der Waals surface area contributed by atoms with Crippen molar-refractivity contribution in [1.82, 2.24) is 0 Å². The number of fused-ring (bicyclic) bond motifs is 2. The first-order chi connectivity index (χ1) is 7.24. The lowest BCUT2D eigenvalue weighted by molar-refractivity contribution is -0.115. The molecule has 0 heterocycles. The Morgan fingerprint density at radius 2 is 1.40 bits per heavy atom. The van der Waals surface area contributed by atoms with Crippen molar-refractivity contribution in [3.8, 4) is 0 Å². The number of carbonyl (C=O) groups is 2. The van der Waals surface area contributed by atoms with Crippen molar-refractivity contribution >= 4 is 11.6 Å². The van der Waals surface area contributed by atoms with Gasteiger partial charge in [-0.15, -0.1) is 0 Å². The molecule has 0 amide bonds. The van der Waals surface area contributed by atoms with Crippen molar-refractivity contribution in [2.45, 2.75) is 12.8 Å². The van der Waals surface area contributed by atoms with E-state index in [4.69, 9.17) is 0 Å². The largest absolute Gasteiger partial charge is 0.290 e. The zero-order valence-electron chi connectivity index (χ0n) is 8.19. The monoisotopic (exact) mass is 198 g/mol. The smallest absolute Gasteiger partial charge is 0.183 e. The Hall–Kier alpha value is -1.44. The first kappa shape index (κ1) is 7.80. The fourth-order valence-corrected chi connectivity index (χ4v) is 3.57. The average molecular weight is 198 g/mol. The summed E-state index contributed by atoms with van der Waals surface area (Å²) in [6, 6.07) is 0. The standard InChI is InChI=1S/C13H10O2/c14-9-3-4-10(15)12-8-2-1-7(11(9)12)13(8)5-6-13/h1-4,7-8H,5-6H2/t7-,8+. The highest BCUT2D eigenvalue weighted by Gasteiger charge is 2.64. The second-order valence-corrected chi connectivity index (χ2v) is 4.96. The number of allylic oxidation sites excluding steroid dienone is 6. The summed E-state index contributed by atoms with van der Waals surface area (Å²) in [7, 11) is 0. The van der Waals surface area contributed by atoms with Crippen molar-refractivity contribution in [2.24, 2.45) is 17.3 Å². The maximum Gasteiger partial charge on any atom is 0.183 e. The summed E-state index contributed by atoms with van der Waals surface area (Å²) < 4.78 is 0. The van der Waals surface area contributed by atoms with E-state index >= 15 is 0 Å². The third kappa shape index (κ3) is 0.675. The molecular formula is C13H10O2. The zero-order chi connectivity index (χ0) is 10.2. The minimum Gasteiger partial charge on any atom is -0.290 e. The quantitative estimate of drug-likeness (QED) is 0.437. The number of carbonyl (C=O) groups excluding carboxylic acids is 2. The van der Waals surface area contributed by atoms with Crippen molar-refractivity contribution in [3.63, 3.8) is 0 Å². The van der Waals surface area contributed by atoms with Crippen LogP contribution in [0.15, 0.2) is 35.5 Å². The van der Waals surface area contributed by atoms with Crippen LogP contribution in [0.2, 0.25) is 0 Å². The van der Waals surface area contributed by atoms with Gasteiger partial charge < -0.3 is 0 Å². The summed E-state index contributed by atoms with van der Waals surface area (Å²) in [6.45, 7) is 0. The molecule has 4 aliphatic rings. The van der Waals surface area contributed by atoms with Gasteiger partial charge in [-0.1, -0.05) is 12.2 Å². The van der Waals surface area contributed by atoms with Crippen molar-refractivity contribution in [1.29, 1.82) is 0 Å². The minimum atomic E-state index is 0.0627. The molecule has 0 aromatic heterocycles. The lowest BCUT2D eigenvalue weighted by Gasteiger charge is -2.14. The molecule has 0 N–H and O–H groups in total. The van der Waals surface area contributed by atoms with Crippen LogP contribution >= 0.6 is 0 Å². The van der Waals surface area contributed by atoms with Gasteiger partial charge in [-0.25, -0.2) is 0 Å². The predicted octanol–water partition coefficient (Wildman–Crippen LogP) is 1.59. The molecule has 74 valence electrons. The fourth-order valence-electron chi connectivity index (χ4n) is 3.57. The van der Waals surface area contributed by atoms with Gasteiger partial charge in [0.05, 0.1) is 0 Å². The molecule has 1 spiro atoms. The Labute approximate surface area is 87.3 Å². The summed E-state index contributed by atoms with van der Waals surface area (Å²) in [4.78, 5) is 23.6. The van der Waals surface area contributed by atoms with E-state index in [2.05, 4.69) is 12.2 Å². The Morgan fingerprint density at radius 3 is 1.80 bits per heavy atom. The molecule has 15 heavy (non-hydrogen) atoms. The van der Waals surface area contributed by atoms with E-state index in [1.165, 1.54) is 25.0 Å². The molecule has 0 aromatic rings. The van der Waals surface area contributed by atoms with Crippen molar-refractivity contribution in [2.75, 3.05) is 0 Å². The molecular weight excluding hydrogens is 188 g/mol. The molecule has 2 atom stereocenters. The Bertz CT molecular complexity index is 461. The predicted molar refractivity (Wildman–Crippen MR) is 54.0 cm³/mol. The zero-order valence-corrected chi connectivity index (χ0v) is 8.19. The van der Waals surface area contributed by atoms with E-state index in [1.807, 2.05) is 0 Å². The van der Waals surface area contributed by atoms with Crippen LogP contribution in [-0.2, 0) is 9.59 Å². The van der Waals surface area contributed by atoms with Crippen LogP contribution in [0.1, 0.15) is 12.8 Å². The second kappa shape index (κ2) is 2.06. The Balaban J connectivity index is 1.95. The van der Waals surface area contributed by atoms with E-state index in [9.17, 15) is 9.59 Å². The van der Waals surface area contributed by atoms with Gasteiger partial charge >= 0.3 is 0 Å². The van der Waals surface area contributed by atoms with E-state index in [-0.39, 0.29) is 28.8 Å². The fraction of sp³-hybridized carbons (Fsp3) is 0.385. The molecule has 0 unspecified atom stereocenters. The lowest BCUT2D eigenvalue weighted by atomic mass is 9.87. The van der Waals surface area contributed by atoms with E-state index in [0.717, 1.165) is 11.1 Å². The van der Waals surface area contributed by atoms with Gasteiger partial charge in [-0.2, -0.15) is 0 Å². The molecule has 2 heteroatoms. The molecule has 2 bridgehead atoms. The number of rotatable bonds is 0. The van der Waals surface area contributed by atoms with Crippen LogP contribution in [0.4, 0.5) is 0 Å². The van der Waals surface area contributed by atoms with Crippen LogP contribution < -0.4 is 0 Å². The summed E-state index contributed by atoms with van der Waals surface area (Å²) >= 11 is 0. The minimum absolute atomic E-state index is 0.0627. The molecule has 2 nitrogen and oxygen atoms in total. The molecule has 0 aliphatic heterocycles. The van der Waals surface area contributed by atoms with E-state index < -0.39 is 0 Å². The topological polar surface area (TPSA) is 34.1 Å². The summed E-state index contributed by atoms with van der Waals surface area (Å²) in [5.74, 6) is 0.623. The number of hydrogen-bond acceptors (Lipinski definition) is 2. The summed E-state index contributed by atoms with van der Waals surface area (Å²) in [5, 5.41) is 0. The van der Waals surface area contributed by atoms with Crippen LogP contribution in [0.25, 0.3) is 0 Å². The van der Waals surface area contributed by atoms with E-state index in [0.29, 0.717) is 0 Å². The molecule has 4 rings (SSSR count). The Morgan fingerprint density at radius 1 is 0.933 bits per heavy atom. The molecule has 0 aromatic carbocycles. The number of ketones is 2. The van der Waals surface area contributed by atoms with Gasteiger partial charge in [0.15, 0.2) is 11.6 Å². The van der Waals surface area contributed by atoms with Crippen molar-refractivity contribution < 1.29 is 9.59 Å². The van der Waals surface area contributed by atoms with Gasteiger partial charge in [0.2, 0.25) is 0 Å².